The lowest BCUT2D eigenvalue weighted by Gasteiger charge is -2.29. The van der Waals surface area contributed by atoms with Gasteiger partial charge in [-0.25, -0.2) is 0 Å². The summed E-state index contributed by atoms with van der Waals surface area (Å²) in [7, 11) is 0. The molecule has 1 aromatic rings. The van der Waals surface area contributed by atoms with Crippen LogP contribution in [0.5, 0.6) is 0 Å². The summed E-state index contributed by atoms with van der Waals surface area (Å²) in [5.74, 6) is 0.704. The lowest BCUT2D eigenvalue weighted by atomic mass is 9.82. The van der Waals surface area contributed by atoms with Crippen molar-refractivity contribution in [2.75, 3.05) is 13.2 Å². The van der Waals surface area contributed by atoms with E-state index in [0.29, 0.717) is 5.92 Å². The van der Waals surface area contributed by atoms with Gasteiger partial charge in [-0.1, -0.05) is 20.8 Å². The summed E-state index contributed by atoms with van der Waals surface area (Å²) in [6, 6.07) is 2.15. The lowest BCUT2D eigenvalue weighted by molar-refractivity contribution is -0.0314. The van der Waals surface area contributed by atoms with Gasteiger partial charge in [-0.05, 0) is 29.0 Å². The molecule has 0 aromatic carbocycles. The average Bonchev–Trinajstić information content (AvgIpc) is 2.10. The second kappa shape index (κ2) is 3.93. The maximum Gasteiger partial charge on any atom is 0.0519 e. The molecule has 2 nitrogen and oxygen atoms in total. The highest BCUT2D eigenvalue weighted by molar-refractivity contribution is 5.30. The molecule has 2 heterocycles. The number of pyridine rings is 1. The van der Waals surface area contributed by atoms with E-state index in [4.69, 9.17) is 4.74 Å². The quantitative estimate of drug-likeness (QED) is 0.740. The zero-order valence-electron chi connectivity index (χ0n) is 9.79. The molecule has 2 heteroatoms. The Morgan fingerprint density at radius 1 is 1.40 bits per heavy atom. The van der Waals surface area contributed by atoms with Crippen molar-refractivity contribution in [2.45, 2.75) is 32.6 Å². The molecule has 0 saturated carbocycles. The third-order valence-electron chi connectivity index (χ3n) is 2.93. The second-order valence-electron chi connectivity index (χ2n) is 5.39. The smallest absolute Gasteiger partial charge is 0.0519 e. The monoisotopic (exact) mass is 205 g/mol. The zero-order chi connectivity index (χ0) is 10.9. The van der Waals surface area contributed by atoms with Gasteiger partial charge in [0.1, 0.15) is 0 Å². The maximum atomic E-state index is 5.21. The van der Waals surface area contributed by atoms with Crippen LogP contribution in [0.4, 0.5) is 0 Å². The van der Waals surface area contributed by atoms with Gasteiger partial charge in [0, 0.05) is 18.3 Å². The first-order valence-corrected chi connectivity index (χ1v) is 5.58. The van der Waals surface area contributed by atoms with Crippen molar-refractivity contribution in [1.82, 2.24) is 4.98 Å². The first-order chi connectivity index (χ1) is 7.07. The molecule has 0 aliphatic carbocycles. The molecule has 82 valence electrons. The SMILES string of the molecule is CC(C)(C)c1ccncc1CC1COC1. The van der Waals surface area contributed by atoms with Crippen molar-refractivity contribution in [3.05, 3.63) is 29.6 Å². The van der Waals surface area contributed by atoms with Crippen LogP contribution in [0.25, 0.3) is 0 Å². The predicted molar refractivity (Wildman–Crippen MR) is 61.0 cm³/mol. The highest BCUT2D eigenvalue weighted by Crippen LogP contribution is 2.28. The van der Waals surface area contributed by atoms with Gasteiger partial charge in [0.25, 0.3) is 0 Å². The zero-order valence-corrected chi connectivity index (χ0v) is 9.79. The van der Waals surface area contributed by atoms with Crippen LogP contribution in [-0.2, 0) is 16.6 Å². The molecule has 0 N–H and O–H groups in total. The molecule has 0 radical (unpaired) electrons. The number of hydrogen-bond acceptors (Lipinski definition) is 2. The van der Waals surface area contributed by atoms with Crippen LogP contribution < -0.4 is 0 Å². The van der Waals surface area contributed by atoms with E-state index in [-0.39, 0.29) is 5.41 Å². The van der Waals surface area contributed by atoms with E-state index in [1.54, 1.807) is 0 Å². The Balaban J connectivity index is 2.21. The van der Waals surface area contributed by atoms with Crippen molar-refractivity contribution >= 4 is 0 Å². The van der Waals surface area contributed by atoms with Crippen molar-refractivity contribution in [2.24, 2.45) is 5.92 Å². The minimum Gasteiger partial charge on any atom is -0.381 e. The van der Waals surface area contributed by atoms with E-state index < -0.39 is 0 Å². The molecular formula is C13H19NO. The molecule has 0 atom stereocenters. The van der Waals surface area contributed by atoms with Crippen molar-refractivity contribution < 1.29 is 4.74 Å². The molecular weight excluding hydrogens is 186 g/mol. The Morgan fingerprint density at radius 2 is 2.13 bits per heavy atom. The van der Waals surface area contributed by atoms with Crippen LogP contribution in [0.1, 0.15) is 31.9 Å². The van der Waals surface area contributed by atoms with Crippen molar-refractivity contribution in [1.29, 1.82) is 0 Å². The Kier molecular flexibility index (Phi) is 2.79. The lowest BCUT2D eigenvalue weighted by Crippen LogP contribution is -2.30. The summed E-state index contributed by atoms with van der Waals surface area (Å²) < 4.78 is 5.21. The summed E-state index contributed by atoms with van der Waals surface area (Å²) in [6.07, 6.45) is 5.01. The largest absolute Gasteiger partial charge is 0.381 e. The van der Waals surface area contributed by atoms with Gasteiger partial charge in [0.15, 0.2) is 0 Å². The average molecular weight is 205 g/mol. The van der Waals surface area contributed by atoms with Crippen LogP contribution in [0.15, 0.2) is 18.5 Å². The van der Waals surface area contributed by atoms with Gasteiger partial charge in [-0.2, -0.15) is 0 Å². The Bertz CT molecular complexity index is 337. The molecule has 0 unspecified atom stereocenters. The molecule has 15 heavy (non-hydrogen) atoms. The molecule has 0 spiro atoms. The van der Waals surface area contributed by atoms with Gasteiger partial charge in [-0.15, -0.1) is 0 Å². The number of nitrogens with zero attached hydrogens (tertiary/aromatic N) is 1. The van der Waals surface area contributed by atoms with Crippen molar-refractivity contribution in [3.63, 3.8) is 0 Å². The summed E-state index contributed by atoms with van der Waals surface area (Å²) in [6.45, 7) is 8.59. The van der Waals surface area contributed by atoms with Gasteiger partial charge in [0.05, 0.1) is 13.2 Å². The van der Waals surface area contributed by atoms with Crippen LogP contribution in [0.2, 0.25) is 0 Å². The summed E-state index contributed by atoms with van der Waals surface area (Å²) in [4.78, 5) is 4.23. The number of ether oxygens (including phenoxy) is 1. The van der Waals surface area contributed by atoms with Gasteiger partial charge < -0.3 is 4.74 Å². The Hall–Kier alpha value is -0.890. The predicted octanol–water partition coefficient (Wildman–Crippen LogP) is 2.57. The summed E-state index contributed by atoms with van der Waals surface area (Å²) >= 11 is 0. The molecule has 0 bridgehead atoms. The second-order valence-corrected chi connectivity index (χ2v) is 5.39. The van der Waals surface area contributed by atoms with E-state index in [1.165, 1.54) is 11.1 Å². The fraction of sp³-hybridized carbons (Fsp3) is 0.615. The Morgan fingerprint density at radius 3 is 2.67 bits per heavy atom. The first kappa shape index (κ1) is 10.6. The molecule has 2 rings (SSSR count). The van der Waals surface area contributed by atoms with Crippen LogP contribution in [0.3, 0.4) is 0 Å². The Labute approximate surface area is 91.7 Å². The number of rotatable bonds is 2. The van der Waals surface area contributed by atoms with Crippen LogP contribution in [-0.4, -0.2) is 18.2 Å². The molecule has 0 amide bonds. The van der Waals surface area contributed by atoms with E-state index in [9.17, 15) is 0 Å². The third-order valence-corrected chi connectivity index (χ3v) is 2.93. The molecule has 1 aliphatic rings. The molecule has 1 fully saturated rings. The van der Waals surface area contributed by atoms with Gasteiger partial charge in [0.2, 0.25) is 0 Å². The molecule has 1 aromatic heterocycles. The number of hydrogen-bond donors (Lipinski definition) is 0. The topological polar surface area (TPSA) is 22.1 Å². The normalized spacial score (nSPS) is 17.5. The fourth-order valence-corrected chi connectivity index (χ4v) is 2.03. The molecule has 1 aliphatic heterocycles. The first-order valence-electron chi connectivity index (χ1n) is 5.58. The summed E-state index contributed by atoms with van der Waals surface area (Å²) in [5, 5.41) is 0. The highest BCUT2D eigenvalue weighted by atomic mass is 16.5. The van der Waals surface area contributed by atoms with Gasteiger partial charge >= 0.3 is 0 Å². The third kappa shape index (κ3) is 2.37. The standard InChI is InChI=1S/C13H19NO/c1-13(2,3)12-4-5-14-7-11(12)6-10-8-15-9-10/h4-5,7,10H,6,8-9H2,1-3H3. The minimum absolute atomic E-state index is 0.211. The van der Waals surface area contributed by atoms with Crippen LogP contribution in [0, 0.1) is 5.92 Å². The van der Waals surface area contributed by atoms with E-state index >= 15 is 0 Å². The number of aromatic nitrogens is 1. The van der Waals surface area contributed by atoms with E-state index in [0.717, 1.165) is 19.6 Å². The van der Waals surface area contributed by atoms with E-state index in [1.807, 2.05) is 12.4 Å². The van der Waals surface area contributed by atoms with Crippen LogP contribution >= 0.6 is 0 Å². The summed E-state index contributed by atoms with van der Waals surface area (Å²) in [5.41, 5.74) is 3.02. The van der Waals surface area contributed by atoms with Gasteiger partial charge in [-0.3, -0.25) is 4.98 Å². The maximum absolute atomic E-state index is 5.21. The van der Waals surface area contributed by atoms with Crippen molar-refractivity contribution in [3.8, 4) is 0 Å². The van der Waals surface area contributed by atoms with E-state index in [2.05, 4.69) is 31.8 Å². The highest BCUT2D eigenvalue weighted by Gasteiger charge is 2.23. The molecule has 1 saturated heterocycles. The minimum atomic E-state index is 0.211. The fourth-order valence-electron chi connectivity index (χ4n) is 2.03.